The number of hydrogen-bond donors (Lipinski definition) is 0. The SMILES string of the molecule is CC(CC#N)N(C)C(=O)c1cc2ccccc2o1. The number of carbonyl (C=O) groups excluding carboxylic acids is 1. The van der Waals surface area contributed by atoms with Crippen LogP contribution in [0.2, 0.25) is 0 Å². The van der Waals surface area contributed by atoms with Crippen LogP contribution < -0.4 is 0 Å². The first-order valence-corrected chi connectivity index (χ1v) is 5.76. The quantitative estimate of drug-likeness (QED) is 0.831. The Kier molecular flexibility index (Phi) is 3.33. The second kappa shape index (κ2) is 4.92. The summed E-state index contributed by atoms with van der Waals surface area (Å²) >= 11 is 0. The number of furan rings is 1. The number of carbonyl (C=O) groups is 1. The summed E-state index contributed by atoms with van der Waals surface area (Å²) in [6, 6.07) is 11.1. The van der Waals surface area contributed by atoms with Gasteiger partial charge in [0.15, 0.2) is 5.76 Å². The monoisotopic (exact) mass is 242 g/mol. The maximum absolute atomic E-state index is 12.2. The first-order valence-electron chi connectivity index (χ1n) is 5.76. The van der Waals surface area contributed by atoms with E-state index in [0.29, 0.717) is 17.8 Å². The molecule has 4 heteroatoms. The lowest BCUT2D eigenvalue weighted by molar-refractivity contribution is 0.0716. The molecule has 1 aromatic heterocycles. The van der Waals surface area contributed by atoms with E-state index in [4.69, 9.17) is 9.68 Å². The summed E-state index contributed by atoms with van der Waals surface area (Å²) in [5, 5.41) is 9.55. The van der Waals surface area contributed by atoms with E-state index in [2.05, 4.69) is 6.07 Å². The molecule has 0 radical (unpaired) electrons. The average molecular weight is 242 g/mol. The van der Waals surface area contributed by atoms with Crippen LogP contribution in [0.1, 0.15) is 23.9 Å². The van der Waals surface area contributed by atoms with Crippen molar-refractivity contribution < 1.29 is 9.21 Å². The van der Waals surface area contributed by atoms with Gasteiger partial charge in [0, 0.05) is 18.5 Å². The maximum Gasteiger partial charge on any atom is 0.289 e. The van der Waals surface area contributed by atoms with Gasteiger partial charge in [0.2, 0.25) is 0 Å². The summed E-state index contributed by atoms with van der Waals surface area (Å²) in [5.41, 5.74) is 0.696. The fourth-order valence-electron chi connectivity index (χ4n) is 1.73. The lowest BCUT2D eigenvalue weighted by Gasteiger charge is -2.21. The number of amides is 1. The number of fused-ring (bicyclic) bond motifs is 1. The normalized spacial score (nSPS) is 12.1. The zero-order valence-corrected chi connectivity index (χ0v) is 10.4. The van der Waals surface area contributed by atoms with E-state index in [1.807, 2.05) is 31.2 Å². The summed E-state index contributed by atoms with van der Waals surface area (Å²) in [7, 11) is 1.68. The van der Waals surface area contributed by atoms with Crippen LogP contribution in [0.5, 0.6) is 0 Å². The molecule has 1 aromatic carbocycles. The average Bonchev–Trinajstić information content (AvgIpc) is 2.81. The summed E-state index contributed by atoms with van der Waals surface area (Å²) in [6.45, 7) is 1.84. The van der Waals surface area contributed by atoms with E-state index < -0.39 is 0 Å². The Bertz CT molecular complexity index is 577. The topological polar surface area (TPSA) is 57.2 Å². The van der Waals surface area contributed by atoms with Gasteiger partial charge < -0.3 is 9.32 Å². The molecule has 0 bridgehead atoms. The number of hydrogen-bond acceptors (Lipinski definition) is 3. The third kappa shape index (κ3) is 2.21. The Hall–Kier alpha value is -2.28. The Labute approximate surface area is 105 Å². The summed E-state index contributed by atoms with van der Waals surface area (Å²) in [6.07, 6.45) is 0.308. The van der Waals surface area contributed by atoms with Gasteiger partial charge in [0.05, 0.1) is 12.5 Å². The lowest BCUT2D eigenvalue weighted by Crippen LogP contribution is -2.34. The van der Waals surface area contributed by atoms with E-state index in [1.165, 1.54) is 4.90 Å². The number of nitrogens with zero attached hydrogens (tertiary/aromatic N) is 2. The summed E-state index contributed by atoms with van der Waals surface area (Å²) < 4.78 is 5.51. The minimum atomic E-state index is -0.200. The van der Waals surface area contributed by atoms with E-state index in [-0.39, 0.29) is 11.9 Å². The fourth-order valence-corrected chi connectivity index (χ4v) is 1.73. The highest BCUT2D eigenvalue weighted by molar-refractivity contribution is 5.96. The van der Waals surface area contributed by atoms with Crippen molar-refractivity contribution in [3.05, 3.63) is 36.1 Å². The lowest BCUT2D eigenvalue weighted by atomic mass is 10.2. The van der Waals surface area contributed by atoms with Crippen molar-refractivity contribution in [2.75, 3.05) is 7.05 Å². The van der Waals surface area contributed by atoms with Crippen molar-refractivity contribution in [2.45, 2.75) is 19.4 Å². The smallest absolute Gasteiger partial charge is 0.289 e. The van der Waals surface area contributed by atoms with Crippen LogP contribution in [0.25, 0.3) is 11.0 Å². The highest BCUT2D eigenvalue weighted by atomic mass is 16.3. The molecule has 1 atom stereocenters. The minimum absolute atomic E-state index is 0.129. The second-order valence-corrected chi connectivity index (χ2v) is 4.28. The summed E-state index contributed by atoms with van der Waals surface area (Å²) in [4.78, 5) is 13.7. The Morgan fingerprint density at radius 3 is 2.89 bits per heavy atom. The third-order valence-corrected chi connectivity index (χ3v) is 3.00. The van der Waals surface area contributed by atoms with E-state index >= 15 is 0 Å². The molecule has 2 aromatic rings. The van der Waals surface area contributed by atoms with Crippen LogP contribution in [-0.4, -0.2) is 23.9 Å². The van der Waals surface area contributed by atoms with Crippen LogP contribution in [-0.2, 0) is 0 Å². The molecular formula is C14H14N2O2. The van der Waals surface area contributed by atoms with Gasteiger partial charge in [0.25, 0.3) is 5.91 Å². The van der Waals surface area contributed by atoms with Crippen molar-refractivity contribution in [3.63, 3.8) is 0 Å². The molecule has 92 valence electrons. The van der Waals surface area contributed by atoms with Crippen LogP contribution in [0.4, 0.5) is 0 Å². The van der Waals surface area contributed by atoms with Crippen molar-refractivity contribution in [3.8, 4) is 6.07 Å². The molecule has 18 heavy (non-hydrogen) atoms. The van der Waals surface area contributed by atoms with E-state index in [1.54, 1.807) is 13.1 Å². The van der Waals surface area contributed by atoms with Crippen molar-refractivity contribution in [1.82, 2.24) is 4.90 Å². The first kappa shape index (κ1) is 12.2. The van der Waals surface area contributed by atoms with Gasteiger partial charge in [-0.25, -0.2) is 0 Å². The van der Waals surface area contributed by atoms with E-state index in [0.717, 1.165) is 5.39 Å². The van der Waals surface area contributed by atoms with Gasteiger partial charge in [-0.15, -0.1) is 0 Å². The largest absolute Gasteiger partial charge is 0.451 e. The van der Waals surface area contributed by atoms with Crippen molar-refractivity contribution >= 4 is 16.9 Å². The maximum atomic E-state index is 12.2. The van der Waals surface area contributed by atoms with Gasteiger partial charge in [-0.1, -0.05) is 18.2 Å². The number of rotatable bonds is 3. The summed E-state index contributed by atoms with van der Waals surface area (Å²) in [5.74, 6) is 0.109. The molecule has 0 saturated carbocycles. The van der Waals surface area contributed by atoms with Gasteiger partial charge in [-0.3, -0.25) is 4.79 Å². The van der Waals surface area contributed by atoms with Gasteiger partial charge in [-0.05, 0) is 19.1 Å². The Morgan fingerprint density at radius 2 is 2.22 bits per heavy atom. The highest BCUT2D eigenvalue weighted by Gasteiger charge is 2.20. The fraction of sp³-hybridized carbons (Fsp3) is 0.286. The predicted molar refractivity (Wildman–Crippen MR) is 68.0 cm³/mol. The standard InChI is InChI=1S/C14H14N2O2/c1-10(7-8-15)16(2)14(17)13-9-11-5-3-4-6-12(11)18-13/h3-6,9-10H,7H2,1-2H3. The Balaban J connectivity index is 2.26. The molecule has 0 saturated heterocycles. The second-order valence-electron chi connectivity index (χ2n) is 4.28. The molecule has 0 aliphatic rings. The van der Waals surface area contributed by atoms with Crippen molar-refractivity contribution in [2.24, 2.45) is 0 Å². The number of nitriles is 1. The molecule has 0 aliphatic heterocycles. The Morgan fingerprint density at radius 1 is 1.50 bits per heavy atom. The minimum Gasteiger partial charge on any atom is -0.451 e. The molecule has 4 nitrogen and oxygen atoms in total. The van der Waals surface area contributed by atoms with Crippen LogP contribution in [0.3, 0.4) is 0 Å². The van der Waals surface area contributed by atoms with Gasteiger partial charge >= 0.3 is 0 Å². The molecule has 1 amide bonds. The molecule has 2 rings (SSSR count). The number of benzene rings is 1. The molecule has 0 N–H and O–H groups in total. The van der Waals surface area contributed by atoms with Crippen LogP contribution in [0.15, 0.2) is 34.7 Å². The highest BCUT2D eigenvalue weighted by Crippen LogP contribution is 2.20. The predicted octanol–water partition coefficient (Wildman–Crippen LogP) is 2.81. The van der Waals surface area contributed by atoms with Crippen molar-refractivity contribution in [1.29, 1.82) is 5.26 Å². The third-order valence-electron chi connectivity index (χ3n) is 3.00. The molecular weight excluding hydrogens is 228 g/mol. The zero-order valence-electron chi connectivity index (χ0n) is 10.4. The molecule has 1 heterocycles. The van der Waals surface area contributed by atoms with Gasteiger partial charge in [-0.2, -0.15) is 5.26 Å². The number of para-hydroxylation sites is 1. The molecule has 0 aliphatic carbocycles. The molecule has 1 unspecified atom stereocenters. The van der Waals surface area contributed by atoms with E-state index in [9.17, 15) is 4.79 Å². The van der Waals surface area contributed by atoms with Gasteiger partial charge in [0.1, 0.15) is 5.58 Å². The molecule has 0 spiro atoms. The first-order chi connectivity index (χ1) is 8.63. The molecule has 0 fully saturated rings. The zero-order chi connectivity index (χ0) is 13.1. The van der Waals surface area contributed by atoms with Crippen LogP contribution in [0, 0.1) is 11.3 Å². The van der Waals surface area contributed by atoms with Crippen LogP contribution >= 0.6 is 0 Å².